The standard InChI is InChI=1S/C43H60N2O7/c1-24(2)36(47)44-18-19-50-32(22-44)52-31-14-15-42-23-43(42)17-16-40(6)33-25(3)20-26(21-45-37(48)27-10-8-9-11-28(27)38(45)49)51-34(33)35(46)41(40,7)30(43)13-12-29(42)39(31,4)5/h8-11,24-26,29-35,46H,12-23H2,1-7H3/t25-,26-,29+,30+,31+,32+,33+,34+,35+,40-,41-,42-,43+/m1/s1. The lowest BCUT2D eigenvalue weighted by molar-refractivity contribution is -0.248. The normalized spacial score (nSPS) is 47.3. The number of morpholine rings is 1. The molecule has 7 fully saturated rings. The van der Waals surface area contributed by atoms with Crippen LogP contribution in [0.15, 0.2) is 24.3 Å². The van der Waals surface area contributed by atoms with E-state index in [4.69, 9.17) is 14.2 Å². The van der Waals surface area contributed by atoms with Crippen molar-refractivity contribution in [3.8, 4) is 0 Å². The van der Waals surface area contributed by atoms with Gasteiger partial charge in [0.25, 0.3) is 11.8 Å². The Balaban J connectivity index is 0.930. The summed E-state index contributed by atoms with van der Waals surface area (Å²) in [5.74, 6) is 1.15. The first-order valence-corrected chi connectivity index (χ1v) is 20.5. The molecule has 0 unspecified atom stereocenters. The van der Waals surface area contributed by atoms with E-state index < -0.39 is 6.10 Å². The molecule has 0 aromatic heterocycles. The minimum Gasteiger partial charge on any atom is -0.390 e. The molecule has 3 aliphatic heterocycles. The Labute approximate surface area is 309 Å². The van der Waals surface area contributed by atoms with Gasteiger partial charge >= 0.3 is 0 Å². The molecule has 0 radical (unpaired) electrons. The summed E-state index contributed by atoms with van der Waals surface area (Å²) >= 11 is 0. The molecule has 8 aliphatic rings. The molecule has 1 aromatic rings. The molecule has 1 aromatic carbocycles. The smallest absolute Gasteiger partial charge is 0.261 e. The van der Waals surface area contributed by atoms with Crippen molar-refractivity contribution in [2.75, 3.05) is 26.2 Å². The molecule has 2 spiro atoms. The van der Waals surface area contributed by atoms with Gasteiger partial charge in [0, 0.05) is 17.9 Å². The second-order valence-corrected chi connectivity index (χ2v) is 19.8. The van der Waals surface area contributed by atoms with Crippen LogP contribution in [0.5, 0.6) is 0 Å². The number of aliphatic hydroxyl groups excluding tert-OH is 1. The number of carbonyl (C=O) groups excluding carboxylic acids is 3. The molecule has 9 heteroatoms. The largest absolute Gasteiger partial charge is 0.390 e. The number of hydrogen-bond donors (Lipinski definition) is 1. The van der Waals surface area contributed by atoms with Crippen LogP contribution in [0.1, 0.15) is 121 Å². The van der Waals surface area contributed by atoms with Gasteiger partial charge in [-0.25, -0.2) is 0 Å². The summed E-state index contributed by atoms with van der Waals surface area (Å²) in [6.45, 7) is 17.8. The molecule has 0 bridgehead atoms. The summed E-state index contributed by atoms with van der Waals surface area (Å²) in [5.41, 5.74) is 1.06. The average molecular weight is 717 g/mol. The highest BCUT2D eigenvalue weighted by molar-refractivity contribution is 6.21. The minimum atomic E-state index is -0.598. The molecule has 5 aliphatic carbocycles. The number of ether oxygens (including phenoxy) is 3. The van der Waals surface area contributed by atoms with Crippen LogP contribution in [-0.4, -0.2) is 89.6 Å². The van der Waals surface area contributed by atoms with E-state index in [0.29, 0.717) is 48.6 Å². The lowest BCUT2D eigenvalue weighted by Gasteiger charge is -2.64. The fourth-order valence-corrected chi connectivity index (χ4v) is 14.8. The number of benzene rings is 1. The maximum atomic E-state index is 13.3. The Bertz CT molecular complexity index is 1640. The van der Waals surface area contributed by atoms with Crippen molar-refractivity contribution >= 4 is 17.7 Å². The highest BCUT2D eigenvalue weighted by Gasteiger charge is 2.84. The third-order valence-electron chi connectivity index (χ3n) is 17.2. The van der Waals surface area contributed by atoms with Crippen molar-refractivity contribution in [3.05, 3.63) is 35.4 Å². The van der Waals surface area contributed by atoms with Crippen molar-refractivity contribution in [1.29, 1.82) is 0 Å². The van der Waals surface area contributed by atoms with Crippen LogP contribution in [0, 0.1) is 56.7 Å². The number of rotatable bonds is 5. The summed E-state index contributed by atoms with van der Waals surface area (Å²) in [6.07, 6.45) is 7.21. The molecule has 9 rings (SSSR count). The number of fused-ring (bicyclic) bond motifs is 5. The maximum Gasteiger partial charge on any atom is 0.261 e. The van der Waals surface area contributed by atoms with Crippen LogP contribution >= 0.6 is 0 Å². The second-order valence-electron chi connectivity index (χ2n) is 19.8. The highest BCUT2D eigenvalue weighted by Crippen LogP contribution is 2.89. The van der Waals surface area contributed by atoms with Gasteiger partial charge in [-0.1, -0.05) is 60.6 Å². The van der Waals surface area contributed by atoms with Crippen LogP contribution < -0.4 is 0 Å². The van der Waals surface area contributed by atoms with Gasteiger partial charge in [-0.05, 0) is 109 Å². The quantitative estimate of drug-likeness (QED) is 0.356. The van der Waals surface area contributed by atoms with Crippen molar-refractivity contribution in [3.63, 3.8) is 0 Å². The average Bonchev–Trinajstić information content (AvgIpc) is 3.68. The van der Waals surface area contributed by atoms with Gasteiger partial charge in [0.1, 0.15) is 0 Å². The van der Waals surface area contributed by atoms with Gasteiger partial charge in [-0.15, -0.1) is 0 Å². The molecular formula is C43H60N2O7. The van der Waals surface area contributed by atoms with E-state index in [9.17, 15) is 19.5 Å². The van der Waals surface area contributed by atoms with E-state index >= 15 is 0 Å². The van der Waals surface area contributed by atoms with Crippen LogP contribution in [0.25, 0.3) is 0 Å². The van der Waals surface area contributed by atoms with Crippen molar-refractivity contribution < 1.29 is 33.7 Å². The Hall–Kier alpha value is -2.33. The summed E-state index contributed by atoms with van der Waals surface area (Å²) in [6, 6.07) is 7.07. The number of carbonyl (C=O) groups is 3. The van der Waals surface area contributed by atoms with Crippen molar-refractivity contribution in [2.45, 2.75) is 131 Å². The van der Waals surface area contributed by atoms with E-state index in [1.165, 1.54) is 17.7 Å². The van der Waals surface area contributed by atoms with E-state index in [0.717, 1.165) is 38.5 Å². The first-order chi connectivity index (χ1) is 24.6. The topological polar surface area (TPSA) is 106 Å². The Morgan fingerprint density at radius 1 is 0.981 bits per heavy atom. The molecule has 3 heterocycles. The van der Waals surface area contributed by atoms with Gasteiger partial charge in [0.15, 0.2) is 6.29 Å². The lowest BCUT2D eigenvalue weighted by Crippen LogP contribution is -2.60. The van der Waals surface area contributed by atoms with E-state index in [-0.39, 0.29) is 87.8 Å². The molecule has 13 atom stereocenters. The Morgan fingerprint density at radius 2 is 1.65 bits per heavy atom. The summed E-state index contributed by atoms with van der Waals surface area (Å²) < 4.78 is 19.8. The predicted octanol–water partition coefficient (Wildman–Crippen LogP) is 6.32. The van der Waals surface area contributed by atoms with Gasteiger partial charge in [-0.2, -0.15) is 0 Å². The monoisotopic (exact) mass is 716 g/mol. The van der Waals surface area contributed by atoms with Crippen molar-refractivity contribution in [2.24, 2.45) is 56.7 Å². The van der Waals surface area contributed by atoms with Gasteiger partial charge in [-0.3, -0.25) is 19.3 Å². The number of nitrogens with zero attached hydrogens (tertiary/aromatic N) is 2. The lowest BCUT2D eigenvalue weighted by atomic mass is 9.41. The fraction of sp³-hybridized carbons (Fsp3) is 0.791. The summed E-state index contributed by atoms with van der Waals surface area (Å²) in [7, 11) is 0. The third kappa shape index (κ3) is 4.45. The van der Waals surface area contributed by atoms with Crippen LogP contribution in [0.3, 0.4) is 0 Å². The highest BCUT2D eigenvalue weighted by atomic mass is 16.7. The van der Waals surface area contributed by atoms with Crippen molar-refractivity contribution in [1.82, 2.24) is 9.80 Å². The molecule has 1 N–H and O–H groups in total. The van der Waals surface area contributed by atoms with Crippen LogP contribution in [0.4, 0.5) is 0 Å². The van der Waals surface area contributed by atoms with Gasteiger partial charge in [0.2, 0.25) is 5.91 Å². The molecule has 52 heavy (non-hydrogen) atoms. The summed E-state index contributed by atoms with van der Waals surface area (Å²) in [4.78, 5) is 42.6. The zero-order valence-corrected chi connectivity index (χ0v) is 32.4. The van der Waals surface area contributed by atoms with E-state index in [1.54, 1.807) is 24.3 Å². The Morgan fingerprint density at radius 3 is 2.35 bits per heavy atom. The molecular weight excluding hydrogens is 656 g/mol. The van der Waals surface area contributed by atoms with Gasteiger partial charge in [0.05, 0.1) is 55.2 Å². The minimum absolute atomic E-state index is 0.0285. The van der Waals surface area contributed by atoms with Crippen LogP contribution in [0.2, 0.25) is 0 Å². The Kier molecular flexibility index (Phi) is 7.89. The number of hydrogen-bond acceptors (Lipinski definition) is 7. The molecule has 284 valence electrons. The maximum absolute atomic E-state index is 13.3. The van der Waals surface area contributed by atoms with Crippen LogP contribution in [-0.2, 0) is 19.0 Å². The number of imide groups is 1. The van der Waals surface area contributed by atoms with E-state index in [1.807, 2.05) is 18.7 Å². The first kappa shape index (κ1) is 35.4. The molecule has 2 saturated heterocycles. The zero-order valence-electron chi connectivity index (χ0n) is 32.4. The fourth-order valence-electron chi connectivity index (χ4n) is 14.8. The SMILES string of the molecule is CC(C)C(=O)N1CCO[C@@H](O[C@H]2CC[C@]34C[C@]35CC[C@]3(C)[C@@H]6[C@H](O[C@@H](CN7C(=O)c8ccccc8C7=O)C[C@H]6C)[C@H](O)[C@@]3(C)[C@@H]5CC[C@H]4C2(C)C)C1. The van der Waals surface area contributed by atoms with Gasteiger partial charge < -0.3 is 24.2 Å². The number of amides is 3. The third-order valence-corrected chi connectivity index (χ3v) is 17.2. The summed E-state index contributed by atoms with van der Waals surface area (Å²) in [5, 5.41) is 12.6. The molecule has 5 saturated carbocycles. The second kappa shape index (κ2) is 11.6. The first-order valence-electron chi connectivity index (χ1n) is 20.5. The molecule has 3 amide bonds. The molecule has 9 nitrogen and oxygen atoms in total. The zero-order chi connectivity index (χ0) is 36.7. The predicted molar refractivity (Wildman–Crippen MR) is 194 cm³/mol. The number of aliphatic hydroxyl groups is 1. The van der Waals surface area contributed by atoms with E-state index in [2.05, 4.69) is 34.6 Å².